The van der Waals surface area contributed by atoms with E-state index in [9.17, 15) is 9.59 Å². The number of hydrogen-bond acceptors (Lipinski definition) is 5. The van der Waals surface area contributed by atoms with Crippen molar-refractivity contribution in [3.8, 4) is 17.2 Å². The normalized spacial score (nSPS) is 11.7. The Hall–Kier alpha value is -3.22. The van der Waals surface area contributed by atoms with Crippen LogP contribution in [0.4, 0.5) is 0 Å². The van der Waals surface area contributed by atoms with Gasteiger partial charge in [-0.3, -0.25) is 9.59 Å². The van der Waals surface area contributed by atoms with Crippen molar-refractivity contribution in [2.45, 2.75) is 6.42 Å². The van der Waals surface area contributed by atoms with E-state index in [0.29, 0.717) is 30.0 Å². The van der Waals surface area contributed by atoms with Gasteiger partial charge in [0.1, 0.15) is 5.75 Å². The molecule has 0 aromatic heterocycles. The van der Waals surface area contributed by atoms with E-state index in [1.807, 2.05) is 24.3 Å². The Morgan fingerprint density at radius 2 is 1.88 bits per heavy atom. The Kier molecular flexibility index (Phi) is 5.58. The number of fused-ring (bicyclic) bond motifs is 1. The standard InChI is InChI=1S/C19H20N2O5/c1-24-15-5-3-2-4-13(15)8-9-20-18(22)11-21-19(23)14-6-7-16-17(10-14)26-12-25-16/h2-7,10H,8-9,11-12H2,1H3,(H,20,22)(H,21,23). The van der Waals surface area contributed by atoms with E-state index in [4.69, 9.17) is 14.2 Å². The molecule has 2 aromatic carbocycles. The van der Waals surface area contributed by atoms with Gasteiger partial charge in [-0.2, -0.15) is 0 Å². The molecule has 2 N–H and O–H groups in total. The third-order valence-corrected chi connectivity index (χ3v) is 3.95. The van der Waals surface area contributed by atoms with E-state index in [2.05, 4.69) is 10.6 Å². The first-order valence-electron chi connectivity index (χ1n) is 8.24. The minimum atomic E-state index is -0.344. The molecule has 136 valence electrons. The fourth-order valence-corrected chi connectivity index (χ4v) is 2.61. The summed E-state index contributed by atoms with van der Waals surface area (Å²) in [4.78, 5) is 24.0. The first-order chi connectivity index (χ1) is 12.7. The van der Waals surface area contributed by atoms with Crippen LogP contribution >= 0.6 is 0 Å². The highest BCUT2D eigenvalue weighted by Crippen LogP contribution is 2.32. The lowest BCUT2D eigenvalue weighted by Crippen LogP contribution is -2.37. The van der Waals surface area contributed by atoms with E-state index < -0.39 is 0 Å². The second kappa shape index (κ2) is 8.24. The van der Waals surface area contributed by atoms with Crippen LogP contribution in [-0.2, 0) is 11.2 Å². The van der Waals surface area contributed by atoms with Gasteiger partial charge in [-0.05, 0) is 36.2 Å². The van der Waals surface area contributed by atoms with Crippen LogP contribution < -0.4 is 24.8 Å². The Balaban J connectivity index is 1.43. The molecule has 2 aromatic rings. The quantitative estimate of drug-likeness (QED) is 0.785. The molecule has 0 saturated carbocycles. The second-order valence-electron chi connectivity index (χ2n) is 5.66. The Labute approximate surface area is 151 Å². The number of hydrogen-bond donors (Lipinski definition) is 2. The molecule has 1 aliphatic heterocycles. The zero-order valence-electron chi connectivity index (χ0n) is 14.4. The third-order valence-electron chi connectivity index (χ3n) is 3.95. The van der Waals surface area contributed by atoms with Gasteiger partial charge in [0, 0.05) is 12.1 Å². The molecule has 0 fully saturated rings. The predicted octanol–water partition coefficient (Wildman–Crippen LogP) is 1.51. The minimum Gasteiger partial charge on any atom is -0.496 e. The zero-order chi connectivity index (χ0) is 18.4. The lowest BCUT2D eigenvalue weighted by molar-refractivity contribution is -0.120. The molecule has 2 amide bonds. The Bertz CT molecular complexity index is 806. The largest absolute Gasteiger partial charge is 0.496 e. The van der Waals surface area contributed by atoms with Gasteiger partial charge < -0.3 is 24.8 Å². The average molecular weight is 356 g/mol. The van der Waals surface area contributed by atoms with Crippen molar-refractivity contribution >= 4 is 11.8 Å². The number of carbonyl (C=O) groups excluding carboxylic acids is 2. The molecule has 7 heteroatoms. The summed E-state index contributed by atoms with van der Waals surface area (Å²) in [5.41, 5.74) is 1.43. The fraction of sp³-hybridized carbons (Fsp3) is 0.263. The minimum absolute atomic E-state index is 0.0980. The molecule has 0 unspecified atom stereocenters. The van der Waals surface area contributed by atoms with Crippen LogP contribution in [0, 0.1) is 0 Å². The summed E-state index contributed by atoms with van der Waals surface area (Å²) in [7, 11) is 1.61. The number of ether oxygens (including phenoxy) is 3. The van der Waals surface area contributed by atoms with Gasteiger partial charge in [-0.1, -0.05) is 18.2 Å². The summed E-state index contributed by atoms with van der Waals surface area (Å²) in [6.45, 7) is 0.507. The number of methoxy groups -OCH3 is 1. The summed E-state index contributed by atoms with van der Waals surface area (Å²) in [5, 5.41) is 5.37. The molecule has 0 radical (unpaired) electrons. The molecule has 1 aliphatic rings. The van der Waals surface area contributed by atoms with Crippen LogP contribution in [0.3, 0.4) is 0 Å². The van der Waals surface area contributed by atoms with E-state index in [1.54, 1.807) is 25.3 Å². The molecule has 26 heavy (non-hydrogen) atoms. The molecule has 0 atom stereocenters. The number of nitrogens with one attached hydrogen (secondary N) is 2. The van der Waals surface area contributed by atoms with Crippen molar-refractivity contribution in [2.24, 2.45) is 0 Å². The van der Waals surface area contributed by atoms with E-state index >= 15 is 0 Å². The van der Waals surface area contributed by atoms with Crippen molar-refractivity contribution in [3.63, 3.8) is 0 Å². The first-order valence-corrected chi connectivity index (χ1v) is 8.24. The van der Waals surface area contributed by atoms with Gasteiger partial charge >= 0.3 is 0 Å². The van der Waals surface area contributed by atoms with Crippen LogP contribution in [0.5, 0.6) is 17.2 Å². The van der Waals surface area contributed by atoms with Crippen molar-refractivity contribution in [1.29, 1.82) is 0 Å². The molecule has 0 spiro atoms. The van der Waals surface area contributed by atoms with Gasteiger partial charge in [-0.15, -0.1) is 0 Å². The highest BCUT2D eigenvalue weighted by atomic mass is 16.7. The zero-order valence-corrected chi connectivity index (χ0v) is 14.4. The monoisotopic (exact) mass is 356 g/mol. The molecule has 0 bridgehead atoms. The average Bonchev–Trinajstić information content (AvgIpc) is 3.14. The Morgan fingerprint density at radius 3 is 2.73 bits per heavy atom. The third kappa shape index (κ3) is 4.24. The first kappa shape index (κ1) is 17.6. The van der Waals surface area contributed by atoms with Gasteiger partial charge in [-0.25, -0.2) is 0 Å². The molecule has 1 heterocycles. The lowest BCUT2D eigenvalue weighted by Gasteiger charge is -2.10. The SMILES string of the molecule is COc1ccccc1CCNC(=O)CNC(=O)c1ccc2c(c1)OCO2. The van der Waals surface area contributed by atoms with E-state index in [0.717, 1.165) is 11.3 Å². The Morgan fingerprint density at radius 1 is 1.08 bits per heavy atom. The number of amides is 2. The number of rotatable bonds is 7. The van der Waals surface area contributed by atoms with Crippen molar-refractivity contribution in [3.05, 3.63) is 53.6 Å². The van der Waals surface area contributed by atoms with Gasteiger partial charge in [0.15, 0.2) is 11.5 Å². The highest BCUT2D eigenvalue weighted by Gasteiger charge is 2.16. The van der Waals surface area contributed by atoms with Crippen LogP contribution in [0.25, 0.3) is 0 Å². The van der Waals surface area contributed by atoms with Crippen LogP contribution in [0.2, 0.25) is 0 Å². The second-order valence-corrected chi connectivity index (χ2v) is 5.66. The van der Waals surface area contributed by atoms with Crippen molar-refractivity contribution in [1.82, 2.24) is 10.6 Å². The highest BCUT2D eigenvalue weighted by molar-refractivity contribution is 5.97. The lowest BCUT2D eigenvalue weighted by atomic mass is 10.1. The van der Waals surface area contributed by atoms with E-state index in [-0.39, 0.29) is 25.2 Å². The maximum atomic E-state index is 12.1. The summed E-state index contributed by atoms with van der Waals surface area (Å²) in [5.74, 6) is 1.32. The number of carbonyl (C=O) groups is 2. The maximum absolute atomic E-state index is 12.1. The summed E-state index contributed by atoms with van der Waals surface area (Å²) in [6.07, 6.45) is 0.645. The smallest absolute Gasteiger partial charge is 0.251 e. The molecular weight excluding hydrogens is 336 g/mol. The molecule has 0 saturated heterocycles. The predicted molar refractivity (Wildman–Crippen MR) is 94.6 cm³/mol. The number of para-hydroxylation sites is 1. The van der Waals surface area contributed by atoms with Gasteiger partial charge in [0.2, 0.25) is 12.7 Å². The van der Waals surface area contributed by atoms with Crippen LogP contribution in [-0.4, -0.2) is 38.8 Å². The van der Waals surface area contributed by atoms with E-state index in [1.165, 1.54) is 0 Å². The molecule has 7 nitrogen and oxygen atoms in total. The van der Waals surface area contributed by atoms with Gasteiger partial charge in [0.05, 0.1) is 13.7 Å². The van der Waals surface area contributed by atoms with Crippen LogP contribution in [0.15, 0.2) is 42.5 Å². The van der Waals surface area contributed by atoms with Crippen molar-refractivity contribution < 1.29 is 23.8 Å². The molecule has 0 aliphatic carbocycles. The van der Waals surface area contributed by atoms with Crippen molar-refractivity contribution in [2.75, 3.05) is 27.0 Å². The molecule has 3 rings (SSSR count). The number of benzene rings is 2. The summed E-state index contributed by atoms with van der Waals surface area (Å²) < 4.78 is 15.7. The summed E-state index contributed by atoms with van der Waals surface area (Å²) >= 11 is 0. The summed E-state index contributed by atoms with van der Waals surface area (Å²) in [6, 6.07) is 12.5. The fourth-order valence-electron chi connectivity index (χ4n) is 2.61. The topological polar surface area (TPSA) is 85.9 Å². The van der Waals surface area contributed by atoms with Crippen LogP contribution in [0.1, 0.15) is 15.9 Å². The molecular formula is C19H20N2O5. The maximum Gasteiger partial charge on any atom is 0.251 e. The van der Waals surface area contributed by atoms with Gasteiger partial charge in [0.25, 0.3) is 5.91 Å².